The van der Waals surface area contributed by atoms with Crippen LogP contribution in [0.1, 0.15) is 5.56 Å². The fraction of sp³-hybridized carbons (Fsp3) is 0.0714. The minimum Gasteiger partial charge on any atom is -0.453 e. The zero-order chi connectivity index (χ0) is 13.7. The van der Waals surface area contributed by atoms with Crippen LogP contribution in [0.15, 0.2) is 36.7 Å². The van der Waals surface area contributed by atoms with Gasteiger partial charge in [-0.3, -0.25) is 4.98 Å². The highest BCUT2D eigenvalue weighted by atomic mass is 19.1. The van der Waals surface area contributed by atoms with E-state index in [9.17, 15) is 4.39 Å². The Morgan fingerprint density at radius 1 is 1.32 bits per heavy atom. The number of nitrogen functional groups attached to an aromatic ring is 1. The second-order valence-electron chi connectivity index (χ2n) is 3.62. The third-order valence-corrected chi connectivity index (χ3v) is 2.26. The van der Waals surface area contributed by atoms with E-state index >= 15 is 0 Å². The molecule has 5 heteroatoms. The van der Waals surface area contributed by atoms with E-state index in [4.69, 9.17) is 15.6 Å². The number of hydrogen-bond donors (Lipinski definition) is 2. The molecule has 2 aromatic rings. The van der Waals surface area contributed by atoms with Crippen molar-refractivity contribution in [2.24, 2.45) is 0 Å². The molecule has 0 spiro atoms. The number of aromatic nitrogens is 1. The number of pyridine rings is 1. The topological polar surface area (TPSA) is 68.4 Å². The molecule has 0 aliphatic rings. The molecule has 0 fully saturated rings. The molecular formula is C14H11FN2O2. The summed E-state index contributed by atoms with van der Waals surface area (Å²) in [4.78, 5) is 3.90. The summed E-state index contributed by atoms with van der Waals surface area (Å²) >= 11 is 0. The van der Waals surface area contributed by atoms with Gasteiger partial charge in [-0.05, 0) is 12.1 Å². The van der Waals surface area contributed by atoms with E-state index in [1.807, 2.05) is 0 Å². The van der Waals surface area contributed by atoms with Gasteiger partial charge in [-0.25, -0.2) is 4.39 Å². The Hall–Kier alpha value is -2.58. The van der Waals surface area contributed by atoms with Gasteiger partial charge >= 0.3 is 0 Å². The first-order chi connectivity index (χ1) is 9.20. The average molecular weight is 258 g/mol. The lowest BCUT2D eigenvalue weighted by Gasteiger charge is -2.08. The van der Waals surface area contributed by atoms with Crippen LogP contribution in [0.5, 0.6) is 11.5 Å². The van der Waals surface area contributed by atoms with Crippen molar-refractivity contribution in [3.63, 3.8) is 0 Å². The van der Waals surface area contributed by atoms with Crippen LogP contribution < -0.4 is 10.5 Å². The Bertz CT molecular complexity index is 647. The molecule has 2 rings (SSSR count). The van der Waals surface area contributed by atoms with E-state index in [1.165, 1.54) is 24.5 Å². The first-order valence-electron chi connectivity index (χ1n) is 5.47. The highest BCUT2D eigenvalue weighted by Crippen LogP contribution is 2.27. The third-order valence-electron chi connectivity index (χ3n) is 2.26. The van der Waals surface area contributed by atoms with Crippen molar-refractivity contribution >= 4 is 5.69 Å². The Labute approximate surface area is 109 Å². The standard InChI is InChI=1S/C14H11FN2O2/c15-12-8-11(16)3-4-14(12)19-13-5-6-17-9-10(13)2-1-7-18/h3-6,8-9,18H,7,16H2. The van der Waals surface area contributed by atoms with E-state index in [0.717, 1.165) is 0 Å². The molecule has 0 radical (unpaired) electrons. The minimum atomic E-state index is -0.558. The second kappa shape index (κ2) is 5.85. The second-order valence-corrected chi connectivity index (χ2v) is 3.62. The summed E-state index contributed by atoms with van der Waals surface area (Å²) < 4.78 is 19.1. The molecular weight excluding hydrogens is 247 g/mol. The molecule has 96 valence electrons. The van der Waals surface area contributed by atoms with Crippen molar-refractivity contribution in [3.8, 4) is 23.3 Å². The van der Waals surface area contributed by atoms with Gasteiger partial charge in [0.25, 0.3) is 0 Å². The normalized spacial score (nSPS) is 9.58. The lowest BCUT2D eigenvalue weighted by Crippen LogP contribution is -1.93. The van der Waals surface area contributed by atoms with E-state index in [0.29, 0.717) is 17.0 Å². The van der Waals surface area contributed by atoms with Crippen molar-refractivity contribution in [1.82, 2.24) is 4.98 Å². The molecule has 0 unspecified atom stereocenters. The Balaban J connectivity index is 2.33. The Kier molecular flexibility index (Phi) is 3.96. The summed E-state index contributed by atoms with van der Waals surface area (Å²) in [7, 11) is 0. The van der Waals surface area contributed by atoms with Crippen LogP contribution in [0.4, 0.5) is 10.1 Å². The van der Waals surface area contributed by atoms with Gasteiger partial charge in [0.2, 0.25) is 0 Å². The van der Waals surface area contributed by atoms with Crippen molar-refractivity contribution in [2.75, 3.05) is 12.3 Å². The minimum absolute atomic E-state index is 0.0486. The molecule has 4 nitrogen and oxygen atoms in total. The highest BCUT2D eigenvalue weighted by molar-refractivity contribution is 5.48. The zero-order valence-corrected chi connectivity index (χ0v) is 9.93. The molecule has 0 saturated heterocycles. The monoisotopic (exact) mass is 258 g/mol. The number of nitrogens with zero attached hydrogens (tertiary/aromatic N) is 1. The summed E-state index contributed by atoms with van der Waals surface area (Å²) in [5.74, 6) is 5.02. The summed E-state index contributed by atoms with van der Waals surface area (Å²) in [5, 5.41) is 8.67. The quantitative estimate of drug-likeness (QED) is 0.638. The molecule has 0 aliphatic heterocycles. The Morgan fingerprint density at radius 3 is 2.89 bits per heavy atom. The van der Waals surface area contributed by atoms with Crippen LogP contribution in [-0.2, 0) is 0 Å². The molecule has 0 amide bonds. The summed E-state index contributed by atoms with van der Waals surface area (Å²) in [6.07, 6.45) is 2.99. The molecule has 1 heterocycles. The van der Waals surface area contributed by atoms with Gasteiger partial charge in [0.1, 0.15) is 12.4 Å². The SMILES string of the molecule is Nc1ccc(Oc2ccncc2C#CCO)c(F)c1. The fourth-order valence-electron chi connectivity index (χ4n) is 1.42. The number of hydrogen-bond acceptors (Lipinski definition) is 4. The van der Waals surface area contributed by atoms with Gasteiger partial charge in [0.05, 0.1) is 5.56 Å². The van der Waals surface area contributed by atoms with E-state index < -0.39 is 5.82 Å². The van der Waals surface area contributed by atoms with Gasteiger partial charge in [-0.2, -0.15) is 0 Å². The summed E-state index contributed by atoms with van der Waals surface area (Å²) in [6, 6.07) is 5.72. The van der Waals surface area contributed by atoms with E-state index in [1.54, 1.807) is 12.1 Å². The van der Waals surface area contributed by atoms with Gasteiger partial charge in [-0.1, -0.05) is 11.8 Å². The fourth-order valence-corrected chi connectivity index (χ4v) is 1.42. The number of halogens is 1. The number of benzene rings is 1. The van der Waals surface area contributed by atoms with Crippen LogP contribution in [0, 0.1) is 17.7 Å². The van der Waals surface area contributed by atoms with E-state index in [2.05, 4.69) is 16.8 Å². The maximum absolute atomic E-state index is 13.6. The van der Waals surface area contributed by atoms with Crippen LogP contribution in [-0.4, -0.2) is 16.7 Å². The molecule has 1 aromatic carbocycles. The van der Waals surface area contributed by atoms with Crippen molar-refractivity contribution in [1.29, 1.82) is 0 Å². The number of anilines is 1. The van der Waals surface area contributed by atoms with Crippen LogP contribution >= 0.6 is 0 Å². The maximum Gasteiger partial charge on any atom is 0.167 e. The molecule has 0 aliphatic carbocycles. The average Bonchev–Trinajstić information content (AvgIpc) is 2.41. The molecule has 19 heavy (non-hydrogen) atoms. The van der Waals surface area contributed by atoms with Crippen LogP contribution in [0.3, 0.4) is 0 Å². The van der Waals surface area contributed by atoms with Crippen molar-refractivity contribution < 1.29 is 14.2 Å². The third kappa shape index (κ3) is 3.21. The predicted molar refractivity (Wildman–Crippen MR) is 69.1 cm³/mol. The van der Waals surface area contributed by atoms with Crippen molar-refractivity contribution in [2.45, 2.75) is 0 Å². The first kappa shape index (κ1) is 12.9. The first-order valence-corrected chi connectivity index (χ1v) is 5.47. The highest BCUT2D eigenvalue weighted by Gasteiger charge is 2.07. The van der Waals surface area contributed by atoms with Crippen LogP contribution in [0.2, 0.25) is 0 Å². The predicted octanol–water partition coefficient (Wildman–Crippen LogP) is 1.94. The number of nitrogens with two attached hydrogens (primary N) is 1. The molecule has 3 N–H and O–H groups in total. The van der Waals surface area contributed by atoms with Crippen molar-refractivity contribution in [3.05, 3.63) is 48.0 Å². The summed E-state index contributed by atoms with van der Waals surface area (Å²) in [5.41, 5.74) is 6.25. The van der Waals surface area contributed by atoms with Crippen LogP contribution in [0.25, 0.3) is 0 Å². The van der Waals surface area contributed by atoms with Gasteiger partial charge < -0.3 is 15.6 Å². The maximum atomic E-state index is 13.6. The number of ether oxygens (including phenoxy) is 1. The number of aliphatic hydroxyl groups is 1. The molecule has 0 atom stereocenters. The zero-order valence-electron chi connectivity index (χ0n) is 9.93. The number of aliphatic hydroxyl groups excluding tert-OH is 1. The van der Waals surface area contributed by atoms with Gasteiger partial charge in [0.15, 0.2) is 11.6 Å². The van der Waals surface area contributed by atoms with Gasteiger partial charge in [-0.15, -0.1) is 0 Å². The van der Waals surface area contributed by atoms with E-state index in [-0.39, 0.29) is 12.4 Å². The van der Waals surface area contributed by atoms with Gasteiger partial charge in [0, 0.05) is 30.2 Å². The lowest BCUT2D eigenvalue weighted by atomic mass is 10.2. The molecule has 0 bridgehead atoms. The lowest BCUT2D eigenvalue weighted by molar-refractivity contribution is 0.350. The Morgan fingerprint density at radius 2 is 2.16 bits per heavy atom. The largest absolute Gasteiger partial charge is 0.453 e. The number of rotatable bonds is 2. The molecule has 1 aromatic heterocycles. The summed E-state index contributed by atoms with van der Waals surface area (Å²) in [6.45, 7) is -0.273. The molecule has 0 saturated carbocycles. The smallest absolute Gasteiger partial charge is 0.167 e.